The van der Waals surface area contributed by atoms with E-state index < -0.39 is 24.1 Å². The number of ether oxygens (including phenoxy) is 1. The fraction of sp³-hybridized carbons (Fsp3) is 0.300. The third-order valence-corrected chi connectivity index (χ3v) is 1.96. The summed E-state index contributed by atoms with van der Waals surface area (Å²) in [6.07, 6.45) is -4.43. The zero-order chi connectivity index (χ0) is 13.1. The zero-order valence-corrected chi connectivity index (χ0v) is 8.71. The maximum Gasteiger partial charge on any atom is 0.417 e. The first-order chi connectivity index (χ1) is 7.88. The molecule has 0 aromatic carbocycles. The molecule has 7 heteroatoms. The maximum atomic E-state index is 12.4. The molecule has 0 amide bonds. The van der Waals surface area contributed by atoms with Crippen molar-refractivity contribution in [3.8, 4) is 6.07 Å². The molecular weight excluding hydrogens is 237 g/mol. The third-order valence-electron chi connectivity index (χ3n) is 1.96. The molecule has 0 N–H and O–H groups in total. The van der Waals surface area contributed by atoms with Crippen LogP contribution in [0.2, 0.25) is 0 Å². The van der Waals surface area contributed by atoms with E-state index in [9.17, 15) is 18.0 Å². The monoisotopic (exact) mass is 244 g/mol. The van der Waals surface area contributed by atoms with Gasteiger partial charge in [0.05, 0.1) is 19.1 Å². The van der Waals surface area contributed by atoms with Crippen molar-refractivity contribution in [2.45, 2.75) is 12.6 Å². The normalized spacial score (nSPS) is 10.8. The molecule has 0 atom stereocenters. The van der Waals surface area contributed by atoms with Crippen LogP contribution in [0.25, 0.3) is 0 Å². The Morgan fingerprint density at radius 3 is 2.71 bits per heavy atom. The maximum absolute atomic E-state index is 12.4. The number of hydrogen-bond acceptors (Lipinski definition) is 4. The lowest BCUT2D eigenvalue weighted by Gasteiger charge is -2.08. The van der Waals surface area contributed by atoms with Crippen LogP contribution >= 0.6 is 0 Å². The van der Waals surface area contributed by atoms with Gasteiger partial charge in [-0.15, -0.1) is 0 Å². The summed E-state index contributed by atoms with van der Waals surface area (Å²) in [6, 6.07) is 2.34. The molecule has 0 bridgehead atoms. The molecule has 0 spiro atoms. The van der Waals surface area contributed by atoms with Crippen LogP contribution in [0.5, 0.6) is 0 Å². The first-order valence-corrected chi connectivity index (χ1v) is 4.41. The number of esters is 1. The molecule has 90 valence electrons. The van der Waals surface area contributed by atoms with E-state index in [2.05, 4.69) is 9.72 Å². The van der Waals surface area contributed by atoms with Crippen molar-refractivity contribution in [3.05, 3.63) is 29.1 Å². The van der Waals surface area contributed by atoms with Crippen LogP contribution in [0.15, 0.2) is 12.3 Å². The van der Waals surface area contributed by atoms with E-state index in [-0.39, 0.29) is 11.3 Å². The summed E-state index contributed by atoms with van der Waals surface area (Å²) < 4.78 is 41.5. The van der Waals surface area contributed by atoms with Gasteiger partial charge in [-0.3, -0.25) is 4.79 Å². The molecule has 0 aliphatic heterocycles. The van der Waals surface area contributed by atoms with E-state index in [0.29, 0.717) is 6.20 Å². The number of nitriles is 1. The minimum Gasteiger partial charge on any atom is -0.469 e. The van der Waals surface area contributed by atoms with Gasteiger partial charge in [-0.1, -0.05) is 0 Å². The van der Waals surface area contributed by atoms with Gasteiger partial charge >= 0.3 is 12.1 Å². The van der Waals surface area contributed by atoms with Crippen molar-refractivity contribution in [1.82, 2.24) is 4.98 Å². The molecule has 1 aromatic heterocycles. The Bertz CT molecular complexity index is 477. The molecule has 0 aliphatic carbocycles. The average molecular weight is 244 g/mol. The Balaban J connectivity index is 3.17. The Kier molecular flexibility index (Phi) is 3.68. The lowest BCUT2D eigenvalue weighted by atomic mass is 10.1. The summed E-state index contributed by atoms with van der Waals surface area (Å²) in [4.78, 5) is 14.3. The number of alkyl halides is 3. The number of rotatable bonds is 2. The molecule has 0 aliphatic rings. The van der Waals surface area contributed by atoms with Gasteiger partial charge in [0.25, 0.3) is 0 Å². The van der Waals surface area contributed by atoms with Crippen molar-refractivity contribution >= 4 is 5.97 Å². The standard InChI is InChI=1S/C10H7F3N2O2/c1-17-9(16)3-6-2-7(10(11,12)13)5-15-8(6)4-14/h2,5H,3H2,1H3. The Hall–Kier alpha value is -2.10. The van der Waals surface area contributed by atoms with Gasteiger partial charge in [-0.2, -0.15) is 18.4 Å². The number of pyridine rings is 1. The summed E-state index contributed by atoms with van der Waals surface area (Å²) in [7, 11) is 1.11. The zero-order valence-electron chi connectivity index (χ0n) is 8.71. The summed E-state index contributed by atoms with van der Waals surface area (Å²) in [5.41, 5.74) is -1.33. The molecule has 0 radical (unpaired) electrons. The first-order valence-electron chi connectivity index (χ1n) is 4.41. The first kappa shape index (κ1) is 13.0. The number of methoxy groups -OCH3 is 1. The van der Waals surface area contributed by atoms with Crippen LogP contribution < -0.4 is 0 Å². The van der Waals surface area contributed by atoms with Crippen LogP contribution in [-0.4, -0.2) is 18.1 Å². The highest BCUT2D eigenvalue weighted by Crippen LogP contribution is 2.29. The molecule has 17 heavy (non-hydrogen) atoms. The average Bonchev–Trinajstić information content (AvgIpc) is 2.27. The number of carbonyl (C=O) groups excluding carboxylic acids is 1. The highest BCUT2D eigenvalue weighted by molar-refractivity contribution is 5.73. The van der Waals surface area contributed by atoms with E-state index in [1.807, 2.05) is 0 Å². The lowest BCUT2D eigenvalue weighted by Crippen LogP contribution is -2.11. The number of hydrogen-bond donors (Lipinski definition) is 0. The van der Waals surface area contributed by atoms with Gasteiger partial charge in [-0.05, 0) is 6.07 Å². The number of halogens is 3. The summed E-state index contributed by atoms with van der Waals surface area (Å²) >= 11 is 0. The summed E-state index contributed by atoms with van der Waals surface area (Å²) in [5.74, 6) is -0.734. The predicted molar refractivity (Wildman–Crippen MR) is 49.7 cm³/mol. The minimum absolute atomic E-state index is 0.103. The largest absolute Gasteiger partial charge is 0.469 e. The fourth-order valence-electron chi connectivity index (χ4n) is 1.13. The van der Waals surface area contributed by atoms with Crippen molar-refractivity contribution in [1.29, 1.82) is 5.26 Å². The van der Waals surface area contributed by atoms with Crippen LogP contribution in [0.3, 0.4) is 0 Å². The Morgan fingerprint density at radius 2 is 2.24 bits per heavy atom. The van der Waals surface area contributed by atoms with E-state index in [1.165, 1.54) is 0 Å². The molecule has 1 heterocycles. The number of carbonyl (C=O) groups is 1. The molecule has 1 aromatic rings. The van der Waals surface area contributed by atoms with Gasteiger partial charge < -0.3 is 4.74 Å². The molecule has 0 fully saturated rings. The highest BCUT2D eigenvalue weighted by Gasteiger charge is 2.31. The van der Waals surface area contributed by atoms with Crippen LogP contribution in [0.4, 0.5) is 13.2 Å². The highest BCUT2D eigenvalue weighted by atomic mass is 19.4. The van der Waals surface area contributed by atoms with E-state index in [4.69, 9.17) is 5.26 Å². The topological polar surface area (TPSA) is 63.0 Å². The fourth-order valence-corrected chi connectivity index (χ4v) is 1.13. The van der Waals surface area contributed by atoms with Crippen LogP contribution in [0.1, 0.15) is 16.8 Å². The van der Waals surface area contributed by atoms with Gasteiger partial charge in [0.2, 0.25) is 0 Å². The third kappa shape index (κ3) is 3.17. The smallest absolute Gasteiger partial charge is 0.417 e. The quantitative estimate of drug-likeness (QED) is 0.742. The van der Waals surface area contributed by atoms with Crippen LogP contribution in [0, 0.1) is 11.3 Å². The van der Waals surface area contributed by atoms with Crippen molar-refractivity contribution < 1.29 is 22.7 Å². The molecule has 0 saturated carbocycles. The Labute approximate surface area is 94.6 Å². The number of aromatic nitrogens is 1. The second-order valence-corrected chi connectivity index (χ2v) is 3.09. The van der Waals surface area contributed by atoms with Crippen molar-refractivity contribution in [3.63, 3.8) is 0 Å². The second-order valence-electron chi connectivity index (χ2n) is 3.09. The predicted octanol–water partition coefficient (Wildman–Crippen LogP) is 1.69. The van der Waals surface area contributed by atoms with Gasteiger partial charge in [0.1, 0.15) is 11.8 Å². The molecule has 1 rings (SSSR count). The van der Waals surface area contributed by atoms with Gasteiger partial charge in [0.15, 0.2) is 0 Å². The van der Waals surface area contributed by atoms with Crippen molar-refractivity contribution in [2.75, 3.05) is 7.11 Å². The van der Waals surface area contributed by atoms with Crippen LogP contribution in [-0.2, 0) is 22.1 Å². The summed E-state index contributed by atoms with van der Waals surface area (Å²) in [6.45, 7) is 0. The minimum atomic E-state index is -4.56. The molecular formula is C10H7F3N2O2. The summed E-state index contributed by atoms with van der Waals surface area (Å²) in [5, 5.41) is 8.65. The van der Waals surface area contributed by atoms with Crippen molar-refractivity contribution in [2.24, 2.45) is 0 Å². The molecule has 0 saturated heterocycles. The SMILES string of the molecule is COC(=O)Cc1cc(C(F)(F)F)cnc1C#N. The molecule has 4 nitrogen and oxygen atoms in total. The Morgan fingerprint density at radius 1 is 1.59 bits per heavy atom. The van der Waals surface area contributed by atoms with E-state index in [0.717, 1.165) is 13.2 Å². The number of nitrogens with zero attached hydrogens (tertiary/aromatic N) is 2. The second kappa shape index (κ2) is 4.82. The van der Waals surface area contributed by atoms with Gasteiger partial charge in [-0.25, -0.2) is 4.98 Å². The van der Waals surface area contributed by atoms with Gasteiger partial charge in [0, 0.05) is 11.8 Å². The van der Waals surface area contributed by atoms with E-state index >= 15 is 0 Å². The van der Waals surface area contributed by atoms with E-state index in [1.54, 1.807) is 6.07 Å². The lowest BCUT2D eigenvalue weighted by molar-refractivity contribution is -0.140. The molecule has 0 unspecified atom stereocenters.